The zero-order valence-corrected chi connectivity index (χ0v) is 10.1. The molecular formula is C13H18F3N. The van der Waals surface area contributed by atoms with Crippen LogP contribution in [0.15, 0.2) is 24.3 Å². The minimum absolute atomic E-state index is 0.0335. The molecule has 0 saturated heterocycles. The van der Waals surface area contributed by atoms with Crippen molar-refractivity contribution in [3.05, 3.63) is 35.4 Å². The summed E-state index contributed by atoms with van der Waals surface area (Å²) in [5, 5.41) is 0. The third-order valence-corrected chi connectivity index (χ3v) is 2.90. The van der Waals surface area contributed by atoms with Gasteiger partial charge in [-0.3, -0.25) is 0 Å². The molecule has 0 heterocycles. The molecule has 0 aliphatic carbocycles. The molecule has 0 amide bonds. The zero-order valence-electron chi connectivity index (χ0n) is 10.1. The first-order valence-corrected chi connectivity index (χ1v) is 5.61. The van der Waals surface area contributed by atoms with E-state index >= 15 is 0 Å². The van der Waals surface area contributed by atoms with E-state index < -0.39 is 11.7 Å². The first kappa shape index (κ1) is 14.0. The SMILES string of the molecule is CC(C)(CN)CCc1cccc(C(F)(F)F)c1. The van der Waals surface area contributed by atoms with Crippen LogP contribution in [0.4, 0.5) is 13.2 Å². The lowest BCUT2D eigenvalue weighted by atomic mass is 9.86. The summed E-state index contributed by atoms with van der Waals surface area (Å²) in [5.41, 5.74) is 5.68. The molecule has 1 aromatic carbocycles. The lowest BCUT2D eigenvalue weighted by Gasteiger charge is -2.22. The van der Waals surface area contributed by atoms with Crippen LogP contribution in [0.3, 0.4) is 0 Å². The Labute approximate surface area is 99.8 Å². The van der Waals surface area contributed by atoms with E-state index in [4.69, 9.17) is 5.73 Å². The van der Waals surface area contributed by atoms with E-state index in [0.717, 1.165) is 12.5 Å². The summed E-state index contributed by atoms with van der Waals surface area (Å²) in [6.45, 7) is 4.56. The normalized spacial score (nSPS) is 12.8. The fraction of sp³-hybridized carbons (Fsp3) is 0.538. The number of halogens is 3. The monoisotopic (exact) mass is 245 g/mol. The highest BCUT2D eigenvalue weighted by Gasteiger charge is 2.30. The van der Waals surface area contributed by atoms with Crippen LogP contribution in [-0.4, -0.2) is 6.54 Å². The molecule has 1 aromatic rings. The Morgan fingerprint density at radius 1 is 1.18 bits per heavy atom. The maximum absolute atomic E-state index is 12.5. The lowest BCUT2D eigenvalue weighted by Crippen LogP contribution is -2.24. The van der Waals surface area contributed by atoms with Gasteiger partial charge in [0.15, 0.2) is 0 Å². The molecular weight excluding hydrogens is 227 g/mol. The first-order valence-electron chi connectivity index (χ1n) is 5.61. The molecule has 17 heavy (non-hydrogen) atoms. The summed E-state index contributed by atoms with van der Waals surface area (Å²) >= 11 is 0. The predicted molar refractivity (Wildman–Crippen MR) is 62.6 cm³/mol. The van der Waals surface area contributed by atoms with E-state index in [9.17, 15) is 13.2 Å². The Morgan fingerprint density at radius 3 is 2.35 bits per heavy atom. The molecule has 0 unspecified atom stereocenters. The molecule has 96 valence electrons. The van der Waals surface area contributed by atoms with Gasteiger partial charge < -0.3 is 5.73 Å². The molecule has 0 radical (unpaired) electrons. The smallest absolute Gasteiger partial charge is 0.330 e. The molecule has 0 aliphatic rings. The van der Waals surface area contributed by atoms with Crippen molar-refractivity contribution in [3.8, 4) is 0 Å². The van der Waals surface area contributed by atoms with Gasteiger partial charge in [-0.25, -0.2) is 0 Å². The quantitative estimate of drug-likeness (QED) is 0.861. The molecule has 1 rings (SSSR count). The molecule has 0 atom stereocenters. The van der Waals surface area contributed by atoms with E-state index in [1.807, 2.05) is 13.8 Å². The standard InChI is InChI=1S/C13H18F3N/c1-12(2,9-17)7-6-10-4-3-5-11(8-10)13(14,15)16/h3-5,8H,6-7,9,17H2,1-2H3. The summed E-state index contributed by atoms with van der Waals surface area (Å²) < 4.78 is 37.5. The fourth-order valence-electron chi connectivity index (χ4n) is 1.49. The van der Waals surface area contributed by atoms with Gasteiger partial charge in [-0.1, -0.05) is 32.0 Å². The van der Waals surface area contributed by atoms with E-state index in [-0.39, 0.29) is 5.41 Å². The van der Waals surface area contributed by atoms with Crippen molar-refractivity contribution in [2.45, 2.75) is 32.9 Å². The van der Waals surface area contributed by atoms with Gasteiger partial charge >= 0.3 is 6.18 Å². The number of hydrogen-bond donors (Lipinski definition) is 1. The second kappa shape index (κ2) is 5.08. The van der Waals surface area contributed by atoms with Gasteiger partial charge in [0.1, 0.15) is 0 Å². The molecule has 0 aliphatic heterocycles. The molecule has 0 saturated carbocycles. The van der Waals surface area contributed by atoms with Crippen LogP contribution in [-0.2, 0) is 12.6 Å². The largest absolute Gasteiger partial charge is 0.416 e. The van der Waals surface area contributed by atoms with Gasteiger partial charge in [0.05, 0.1) is 5.56 Å². The molecule has 0 spiro atoms. The Morgan fingerprint density at radius 2 is 1.82 bits per heavy atom. The van der Waals surface area contributed by atoms with E-state index in [0.29, 0.717) is 18.5 Å². The lowest BCUT2D eigenvalue weighted by molar-refractivity contribution is -0.137. The molecule has 0 bridgehead atoms. The Kier molecular flexibility index (Phi) is 4.20. The van der Waals surface area contributed by atoms with Crippen LogP contribution in [0.25, 0.3) is 0 Å². The van der Waals surface area contributed by atoms with E-state index in [1.54, 1.807) is 6.07 Å². The van der Waals surface area contributed by atoms with Crippen molar-refractivity contribution >= 4 is 0 Å². The van der Waals surface area contributed by atoms with Crippen LogP contribution >= 0.6 is 0 Å². The maximum Gasteiger partial charge on any atom is 0.416 e. The highest BCUT2D eigenvalue weighted by molar-refractivity contribution is 5.25. The van der Waals surface area contributed by atoms with Gasteiger partial charge in [0.25, 0.3) is 0 Å². The van der Waals surface area contributed by atoms with Crippen molar-refractivity contribution in [2.75, 3.05) is 6.54 Å². The van der Waals surface area contributed by atoms with Crippen molar-refractivity contribution in [1.82, 2.24) is 0 Å². The molecule has 1 nitrogen and oxygen atoms in total. The van der Waals surface area contributed by atoms with Crippen molar-refractivity contribution in [2.24, 2.45) is 11.1 Å². The zero-order chi connectivity index (χ0) is 13.1. The molecule has 4 heteroatoms. The first-order chi connectivity index (χ1) is 7.74. The summed E-state index contributed by atoms with van der Waals surface area (Å²) in [5.74, 6) is 0. The van der Waals surface area contributed by atoms with Gasteiger partial charge in [0, 0.05) is 0 Å². The predicted octanol–water partition coefficient (Wildman–Crippen LogP) is 3.62. The molecule has 2 N–H and O–H groups in total. The fourth-order valence-corrected chi connectivity index (χ4v) is 1.49. The third-order valence-electron chi connectivity index (χ3n) is 2.90. The topological polar surface area (TPSA) is 26.0 Å². The summed E-state index contributed by atoms with van der Waals surface area (Å²) in [6.07, 6.45) is -2.86. The summed E-state index contributed by atoms with van der Waals surface area (Å²) in [6, 6.07) is 5.49. The highest BCUT2D eigenvalue weighted by atomic mass is 19.4. The number of rotatable bonds is 4. The average Bonchev–Trinajstić information content (AvgIpc) is 2.26. The van der Waals surface area contributed by atoms with E-state index in [2.05, 4.69) is 0 Å². The summed E-state index contributed by atoms with van der Waals surface area (Å²) in [7, 11) is 0. The molecule has 0 fully saturated rings. The van der Waals surface area contributed by atoms with Crippen LogP contribution in [0.5, 0.6) is 0 Å². The average molecular weight is 245 g/mol. The van der Waals surface area contributed by atoms with Crippen LogP contribution in [0.2, 0.25) is 0 Å². The number of nitrogens with two attached hydrogens (primary N) is 1. The Hall–Kier alpha value is -1.03. The summed E-state index contributed by atoms with van der Waals surface area (Å²) in [4.78, 5) is 0. The highest BCUT2D eigenvalue weighted by Crippen LogP contribution is 2.30. The number of hydrogen-bond acceptors (Lipinski definition) is 1. The minimum atomic E-state index is -4.26. The molecule has 0 aromatic heterocycles. The third kappa shape index (κ3) is 4.38. The van der Waals surface area contributed by atoms with Crippen LogP contribution < -0.4 is 5.73 Å². The number of aryl methyl sites for hydroxylation is 1. The number of benzene rings is 1. The minimum Gasteiger partial charge on any atom is -0.330 e. The van der Waals surface area contributed by atoms with E-state index in [1.165, 1.54) is 12.1 Å². The van der Waals surface area contributed by atoms with Gasteiger partial charge in [-0.15, -0.1) is 0 Å². The van der Waals surface area contributed by atoms with Crippen LogP contribution in [0, 0.1) is 5.41 Å². The Bertz CT molecular complexity index is 369. The van der Waals surface area contributed by atoms with Gasteiger partial charge in [-0.2, -0.15) is 13.2 Å². The van der Waals surface area contributed by atoms with Crippen molar-refractivity contribution in [1.29, 1.82) is 0 Å². The van der Waals surface area contributed by atoms with Gasteiger partial charge in [-0.05, 0) is 36.4 Å². The van der Waals surface area contributed by atoms with Crippen LogP contribution in [0.1, 0.15) is 31.4 Å². The van der Waals surface area contributed by atoms with Gasteiger partial charge in [0.2, 0.25) is 0 Å². The second-order valence-electron chi connectivity index (χ2n) is 5.07. The van der Waals surface area contributed by atoms with Crippen molar-refractivity contribution < 1.29 is 13.2 Å². The van der Waals surface area contributed by atoms with Crippen molar-refractivity contribution in [3.63, 3.8) is 0 Å². The Balaban J connectivity index is 2.74. The maximum atomic E-state index is 12.5. The number of alkyl halides is 3. The second-order valence-corrected chi connectivity index (χ2v) is 5.07.